The molecule has 1 amide bonds. The minimum absolute atomic E-state index is 0.0352. The van der Waals surface area contributed by atoms with Gasteiger partial charge in [-0.25, -0.2) is 4.98 Å². The molecule has 1 unspecified atom stereocenters. The second-order valence-corrected chi connectivity index (χ2v) is 5.75. The number of hydrogen-bond donors (Lipinski definition) is 1. The van der Waals surface area contributed by atoms with E-state index in [0.29, 0.717) is 19.6 Å². The van der Waals surface area contributed by atoms with Gasteiger partial charge in [-0.1, -0.05) is 6.92 Å². The Morgan fingerprint density at radius 1 is 1.55 bits per heavy atom. The van der Waals surface area contributed by atoms with Gasteiger partial charge in [-0.15, -0.1) is 0 Å². The lowest BCUT2D eigenvalue weighted by Gasteiger charge is -2.23. The minimum Gasteiger partial charge on any atom is -0.467 e. The molecule has 2 N–H and O–H groups in total. The lowest BCUT2D eigenvalue weighted by atomic mass is 9.90. The third kappa shape index (κ3) is 3.88. The molecule has 0 aromatic carbocycles. The maximum Gasteiger partial charge on any atom is 0.422 e. The van der Waals surface area contributed by atoms with Gasteiger partial charge in [0.1, 0.15) is 5.56 Å². The van der Waals surface area contributed by atoms with Crippen molar-refractivity contribution in [3.8, 4) is 5.88 Å². The fourth-order valence-corrected chi connectivity index (χ4v) is 2.35. The van der Waals surface area contributed by atoms with Crippen molar-refractivity contribution in [1.29, 1.82) is 0 Å². The SMILES string of the molecule is CC1(CN)CCN(C(=O)c2cccnc2OCC(F)(F)F)C1. The molecule has 2 heterocycles. The Morgan fingerprint density at radius 3 is 2.86 bits per heavy atom. The van der Waals surface area contributed by atoms with Crippen molar-refractivity contribution in [2.45, 2.75) is 19.5 Å². The Labute approximate surface area is 126 Å². The molecule has 1 aliphatic heterocycles. The number of carbonyl (C=O) groups is 1. The summed E-state index contributed by atoms with van der Waals surface area (Å²) < 4.78 is 41.4. The third-order valence-corrected chi connectivity index (χ3v) is 3.71. The van der Waals surface area contributed by atoms with E-state index in [4.69, 9.17) is 5.73 Å². The second-order valence-electron chi connectivity index (χ2n) is 5.75. The Hall–Kier alpha value is -1.83. The van der Waals surface area contributed by atoms with Crippen molar-refractivity contribution in [2.75, 3.05) is 26.2 Å². The molecule has 122 valence electrons. The highest BCUT2D eigenvalue weighted by molar-refractivity contribution is 5.96. The molecule has 0 aliphatic carbocycles. The number of nitrogens with zero attached hydrogens (tertiary/aromatic N) is 2. The van der Waals surface area contributed by atoms with E-state index < -0.39 is 12.8 Å². The normalized spacial score (nSPS) is 22.0. The van der Waals surface area contributed by atoms with Crippen LogP contribution in [0.2, 0.25) is 0 Å². The monoisotopic (exact) mass is 317 g/mol. The summed E-state index contributed by atoms with van der Waals surface area (Å²) in [5.74, 6) is -0.686. The van der Waals surface area contributed by atoms with Crippen LogP contribution in [0.4, 0.5) is 13.2 Å². The van der Waals surface area contributed by atoms with Gasteiger partial charge in [-0.2, -0.15) is 13.2 Å². The van der Waals surface area contributed by atoms with Crippen molar-refractivity contribution in [3.63, 3.8) is 0 Å². The standard InChI is InChI=1S/C14H18F3N3O2/c1-13(7-18)4-6-20(8-13)12(21)10-3-2-5-19-11(10)22-9-14(15,16)17/h2-3,5H,4,6-9,18H2,1H3. The fourth-order valence-electron chi connectivity index (χ4n) is 2.35. The summed E-state index contributed by atoms with van der Waals surface area (Å²) in [4.78, 5) is 17.8. The highest BCUT2D eigenvalue weighted by Crippen LogP contribution is 2.30. The molecule has 0 radical (unpaired) electrons. The van der Waals surface area contributed by atoms with E-state index in [-0.39, 0.29) is 22.8 Å². The highest BCUT2D eigenvalue weighted by atomic mass is 19.4. The molecule has 1 fully saturated rings. The topological polar surface area (TPSA) is 68.5 Å². The maximum atomic E-state index is 12.5. The predicted octanol–water partition coefficient (Wildman–Crippen LogP) is 1.83. The molecule has 0 saturated carbocycles. The van der Waals surface area contributed by atoms with Crippen LogP contribution in [0.1, 0.15) is 23.7 Å². The van der Waals surface area contributed by atoms with Gasteiger partial charge in [0, 0.05) is 19.3 Å². The second kappa shape index (κ2) is 6.12. The first-order valence-electron chi connectivity index (χ1n) is 6.88. The minimum atomic E-state index is -4.48. The quantitative estimate of drug-likeness (QED) is 0.920. The van der Waals surface area contributed by atoms with Crippen LogP contribution in [-0.4, -0.2) is 48.2 Å². The van der Waals surface area contributed by atoms with Crippen LogP contribution >= 0.6 is 0 Å². The average Bonchev–Trinajstić information content (AvgIpc) is 2.87. The van der Waals surface area contributed by atoms with Crippen LogP contribution in [0.15, 0.2) is 18.3 Å². The zero-order chi connectivity index (χ0) is 16.4. The van der Waals surface area contributed by atoms with Gasteiger partial charge in [-0.3, -0.25) is 4.79 Å². The number of rotatable bonds is 4. The fraction of sp³-hybridized carbons (Fsp3) is 0.571. The summed E-state index contributed by atoms with van der Waals surface area (Å²) in [5, 5.41) is 0. The van der Waals surface area contributed by atoms with E-state index in [1.54, 1.807) is 4.90 Å². The first kappa shape index (κ1) is 16.5. The van der Waals surface area contributed by atoms with E-state index in [0.717, 1.165) is 6.42 Å². The van der Waals surface area contributed by atoms with E-state index in [9.17, 15) is 18.0 Å². The van der Waals surface area contributed by atoms with Crippen molar-refractivity contribution < 1.29 is 22.7 Å². The number of halogens is 3. The third-order valence-electron chi connectivity index (χ3n) is 3.71. The van der Waals surface area contributed by atoms with E-state index in [1.807, 2.05) is 6.92 Å². The number of alkyl halides is 3. The van der Waals surface area contributed by atoms with Gasteiger partial charge >= 0.3 is 6.18 Å². The number of ether oxygens (including phenoxy) is 1. The van der Waals surface area contributed by atoms with Gasteiger partial charge in [0.25, 0.3) is 5.91 Å². The van der Waals surface area contributed by atoms with Crippen LogP contribution in [0.25, 0.3) is 0 Å². The summed E-state index contributed by atoms with van der Waals surface area (Å²) in [6.45, 7) is 1.92. The lowest BCUT2D eigenvalue weighted by molar-refractivity contribution is -0.154. The first-order chi connectivity index (χ1) is 10.2. The van der Waals surface area contributed by atoms with Crippen LogP contribution < -0.4 is 10.5 Å². The highest BCUT2D eigenvalue weighted by Gasteiger charge is 2.36. The first-order valence-corrected chi connectivity index (χ1v) is 6.88. The molecule has 8 heteroatoms. The van der Waals surface area contributed by atoms with Crippen molar-refractivity contribution >= 4 is 5.91 Å². The van der Waals surface area contributed by atoms with Crippen molar-refractivity contribution in [3.05, 3.63) is 23.9 Å². The summed E-state index contributed by atoms with van der Waals surface area (Å²) in [7, 11) is 0. The van der Waals surface area contributed by atoms with E-state index in [1.165, 1.54) is 18.3 Å². The molecule has 1 aliphatic rings. The average molecular weight is 317 g/mol. The van der Waals surface area contributed by atoms with Crippen LogP contribution in [-0.2, 0) is 0 Å². The zero-order valence-electron chi connectivity index (χ0n) is 12.2. The van der Waals surface area contributed by atoms with Crippen LogP contribution in [0.3, 0.4) is 0 Å². The molecule has 0 bridgehead atoms. The molecular formula is C14H18F3N3O2. The van der Waals surface area contributed by atoms with Gasteiger partial charge < -0.3 is 15.4 Å². The molecule has 0 spiro atoms. The smallest absolute Gasteiger partial charge is 0.422 e. The van der Waals surface area contributed by atoms with E-state index in [2.05, 4.69) is 9.72 Å². The molecule has 1 aromatic heterocycles. The van der Waals surface area contributed by atoms with Crippen LogP contribution in [0, 0.1) is 5.41 Å². The number of likely N-dealkylation sites (tertiary alicyclic amines) is 1. The summed E-state index contributed by atoms with van der Waals surface area (Å²) in [6.07, 6.45) is -2.44. The molecule has 1 saturated heterocycles. The van der Waals surface area contributed by atoms with Crippen molar-refractivity contribution in [2.24, 2.45) is 11.1 Å². The summed E-state index contributed by atoms with van der Waals surface area (Å²) in [6, 6.07) is 2.91. The Kier molecular flexibility index (Phi) is 4.60. The maximum absolute atomic E-state index is 12.5. The van der Waals surface area contributed by atoms with Crippen molar-refractivity contribution in [1.82, 2.24) is 9.88 Å². The number of nitrogens with two attached hydrogens (primary N) is 1. The molecule has 22 heavy (non-hydrogen) atoms. The molecule has 1 atom stereocenters. The van der Waals surface area contributed by atoms with Gasteiger partial charge in [0.05, 0.1) is 0 Å². The van der Waals surface area contributed by atoms with Gasteiger partial charge in [0.15, 0.2) is 6.61 Å². The lowest BCUT2D eigenvalue weighted by Crippen LogP contribution is -2.34. The Balaban J connectivity index is 2.13. The predicted molar refractivity (Wildman–Crippen MR) is 73.5 cm³/mol. The number of hydrogen-bond acceptors (Lipinski definition) is 4. The Morgan fingerprint density at radius 2 is 2.27 bits per heavy atom. The molecular weight excluding hydrogens is 299 g/mol. The van der Waals surface area contributed by atoms with Gasteiger partial charge in [-0.05, 0) is 30.5 Å². The summed E-state index contributed by atoms with van der Waals surface area (Å²) >= 11 is 0. The number of carbonyl (C=O) groups excluding carboxylic acids is 1. The summed E-state index contributed by atoms with van der Waals surface area (Å²) in [5.41, 5.74) is 5.57. The number of pyridine rings is 1. The molecule has 5 nitrogen and oxygen atoms in total. The Bertz CT molecular complexity index is 550. The molecule has 2 rings (SSSR count). The largest absolute Gasteiger partial charge is 0.467 e. The van der Waals surface area contributed by atoms with E-state index >= 15 is 0 Å². The zero-order valence-corrected chi connectivity index (χ0v) is 12.2. The molecule has 1 aromatic rings. The van der Waals surface area contributed by atoms with Crippen LogP contribution in [0.5, 0.6) is 5.88 Å². The number of amides is 1. The van der Waals surface area contributed by atoms with Gasteiger partial charge in [0.2, 0.25) is 5.88 Å². The number of aromatic nitrogens is 1.